The van der Waals surface area contributed by atoms with Crippen molar-refractivity contribution >= 4 is 17.7 Å². The molecule has 37 heavy (non-hydrogen) atoms. The summed E-state index contributed by atoms with van der Waals surface area (Å²) in [6.45, 7) is 5.59. The molecule has 0 bridgehead atoms. The van der Waals surface area contributed by atoms with Crippen LogP contribution in [0.5, 0.6) is 5.75 Å². The van der Waals surface area contributed by atoms with Crippen molar-refractivity contribution in [3.05, 3.63) is 64.7 Å². The molecule has 2 aliphatic rings. The summed E-state index contributed by atoms with van der Waals surface area (Å²) in [5.41, 5.74) is 3.65. The Balaban J connectivity index is 1.33. The summed E-state index contributed by atoms with van der Waals surface area (Å²) in [7, 11) is 4.33. The molecule has 0 spiro atoms. The van der Waals surface area contributed by atoms with Gasteiger partial charge in [0.25, 0.3) is 5.91 Å². The maximum absolute atomic E-state index is 13.0. The van der Waals surface area contributed by atoms with E-state index in [0.717, 1.165) is 30.8 Å². The van der Waals surface area contributed by atoms with Crippen LogP contribution in [0.1, 0.15) is 59.7 Å². The van der Waals surface area contributed by atoms with Crippen LogP contribution in [0.25, 0.3) is 0 Å². The second kappa shape index (κ2) is 12.3. The van der Waals surface area contributed by atoms with Gasteiger partial charge in [-0.2, -0.15) is 0 Å². The molecule has 1 atom stereocenters. The van der Waals surface area contributed by atoms with Gasteiger partial charge < -0.3 is 15.0 Å². The molecule has 8 nitrogen and oxygen atoms in total. The van der Waals surface area contributed by atoms with E-state index in [1.165, 1.54) is 18.4 Å². The number of nitrogens with zero attached hydrogens (tertiary/aromatic N) is 2. The first-order valence-electron chi connectivity index (χ1n) is 13.2. The number of imide groups is 1. The first-order chi connectivity index (χ1) is 17.8. The second-order valence-electron chi connectivity index (χ2n) is 10.2. The van der Waals surface area contributed by atoms with E-state index in [-0.39, 0.29) is 18.2 Å². The third kappa shape index (κ3) is 6.96. The van der Waals surface area contributed by atoms with Crippen LogP contribution in [-0.4, -0.2) is 66.8 Å². The topological polar surface area (TPSA) is 91.0 Å². The van der Waals surface area contributed by atoms with E-state index in [2.05, 4.69) is 58.8 Å². The first-order valence-corrected chi connectivity index (χ1v) is 13.2. The van der Waals surface area contributed by atoms with Gasteiger partial charge in [-0.3, -0.25) is 24.6 Å². The number of rotatable bonds is 9. The highest BCUT2D eigenvalue weighted by Crippen LogP contribution is 2.25. The maximum Gasteiger partial charge on any atom is 0.252 e. The molecular formula is C29H38N4O4. The predicted molar refractivity (Wildman–Crippen MR) is 142 cm³/mol. The van der Waals surface area contributed by atoms with Gasteiger partial charge in [-0.05, 0) is 76.1 Å². The van der Waals surface area contributed by atoms with Crippen molar-refractivity contribution in [2.24, 2.45) is 0 Å². The van der Waals surface area contributed by atoms with Crippen LogP contribution in [0, 0.1) is 0 Å². The van der Waals surface area contributed by atoms with Gasteiger partial charge in [0.2, 0.25) is 11.8 Å². The number of piperidine rings is 2. The predicted octanol–water partition coefficient (Wildman–Crippen LogP) is 2.89. The van der Waals surface area contributed by atoms with Crippen molar-refractivity contribution in [1.82, 2.24) is 20.4 Å². The minimum atomic E-state index is -0.711. The average molecular weight is 507 g/mol. The van der Waals surface area contributed by atoms with Crippen LogP contribution in [0.4, 0.5) is 0 Å². The Labute approximate surface area is 219 Å². The fourth-order valence-corrected chi connectivity index (χ4v) is 5.10. The van der Waals surface area contributed by atoms with Crippen molar-refractivity contribution in [3.8, 4) is 5.75 Å². The molecule has 2 N–H and O–H groups in total. The highest BCUT2D eigenvalue weighted by Gasteiger charge is 2.29. The molecule has 4 rings (SSSR count). The van der Waals surface area contributed by atoms with Crippen molar-refractivity contribution < 1.29 is 19.1 Å². The molecule has 198 valence electrons. The highest BCUT2D eigenvalue weighted by atomic mass is 16.5. The third-order valence-corrected chi connectivity index (χ3v) is 7.39. The number of benzene rings is 2. The second-order valence-corrected chi connectivity index (χ2v) is 10.2. The van der Waals surface area contributed by atoms with Crippen molar-refractivity contribution in [1.29, 1.82) is 0 Å². The van der Waals surface area contributed by atoms with Gasteiger partial charge in [-0.1, -0.05) is 37.3 Å². The lowest BCUT2D eigenvalue weighted by Gasteiger charge is -2.35. The minimum absolute atomic E-state index is 0.216. The molecule has 1 unspecified atom stereocenters. The molecule has 2 fully saturated rings. The zero-order valence-electron chi connectivity index (χ0n) is 22.1. The SMILES string of the molecule is CCc1c(OCc2ccc(CN3CCC(N(C)C)CC3)cc2)cccc1C(=O)NC1CCC(=O)NC1=O. The quantitative estimate of drug-likeness (QED) is 0.509. The van der Waals surface area contributed by atoms with Crippen molar-refractivity contribution in [2.75, 3.05) is 27.2 Å². The molecule has 2 aromatic carbocycles. The van der Waals surface area contributed by atoms with Crippen molar-refractivity contribution in [3.63, 3.8) is 0 Å². The smallest absolute Gasteiger partial charge is 0.252 e. The van der Waals surface area contributed by atoms with Gasteiger partial charge in [0.15, 0.2) is 0 Å². The molecule has 0 aliphatic carbocycles. The van der Waals surface area contributed by atoms with Crippen LogP contribution in [0.15, 0.2) is 42.5 Å². The monoisotopic (exact) mass is 506 g/mol. The van der Waals surface area contributed by atoms with Gasteiger partial charge in [0, 0.05) is 30.1 Å². The Morgan fingerprint density at radius 2 is 1.76 bits per heavy atom. The molecule has 3 amide bonds. The number of carbonyl (C=O) groups excluding carboxylic acids is 3. The molecule has 0 radical (unpaired) electrons. The summed E-state index contributed by atoms with van der Waals surface area (Å²) >= 11 is 0. The van der Waals surface area contributed by atoms with E-state index in [4.69, 9.17) is 4.74 Å². The number of amides is 3. The van der Waals surface area contributed by atoms with E-state index in [1.807, 2.05) is 13.0 Å². The van der Waals surface area contributed by atoms with Gasteiger partial charge in [0.05, 0.1) is 0 Å². The normalized spacial score (nSPS) is 19.1. The third-order valence-electron chi connectivity index (χ3n) is 7.39. The van der Waals surface area contributed by atoms with Crippen molar-refractivity contribution in [2.45, 2.75) is 64.3 Å². The standard InChI is InChI=1S/C29H38N4O4/c1-4-23-24(28(35)30-25-12-13-27(34)31-29(25)36)6-5-7-26(23)37-19-21-10-8-20(9-11-21)18-33-16-14-22(15-17-33)32(2)3/h5-11,22,25H,4,12-19H2,1-3H3,(H,30,35)(H,31,34,36). The summed E-state index contributed by atoms with van der Waals surface area (Å²) in [5, 5.41) is 5.04. The summed E-state index contributed by atoms with van der Waals surface area (Å²) in [5.74, 6) is -0.448. The Morgan fingerprint density at radius 3 is 2.41 bits per heavy atom. The highest BCUT2D eigenvalue weighted by molar-refractivity contribution is 6.04. The summed E-state index contributed by atoms with van der Waals surface area (Å²) < 4.78 is 6.14. The zero-order valence-corrected chi connectivity index (χ0v) is 22.1. The molecule has 0 saturated carbocycles. The first kappa shape index (κ1) is 26.8. The molecule has 2 heterocycles. The molecule has 2 aliphatic heterocycles. The minimum Gasteiger partial charge on any atom is -0.489 e. The summed E-state index contributed by atoms with van der Waals surface area (Å²) in [6, 6.07) is 13.9. The van der Waals surface area contributed by atoms with Gasteiger partial charge in [-0.25, -0.2) is 0 Å². The van der Waals surface area contributed by atoms with Gasteiger partial charge in [0.1, 0.15) is 18.4 Å². The van der Waals surface area contributed by atoms with E-state index in [9.17, 15) is 14.4 Å². The Morgan fingerprint density at radius 1 is 1.05 bits per heavy atom. The van der Waals surface area contributed by atoms with Crippen LogP contribution >= 0.6 is 0 Å². The number of hydrogen-bond acceptors (Lipinski definition) is 6. The van der Waals surface area contributed by atoms with E-state index >= 15 is 0 Å². The Hall–Kier alpha value is -3.23. The van der Waals surface area contributed by atoms with E-state index in [1.54, 1.807) is 12.1 Å². The lowest BCUT2D eigenvalue weighted by Crippen LogP contribution is -2.52. The molecule has 0 aromatic heterocycles. The van der Waals surface area contributed by atoms with E-state index in [0.29, 0.717) is 36.8 Å². The van der Waals surface area contributed by atoms with Gasteiger partial charge in [-0.15, -0.1) is 0 Å². The van der Waals surface area contributed by atoms with Crippen LogP contribution in [0.2, 0.25) is 0 Å². The number of nitrogens with one attached hydrogen (secondary N) is 2. The van der Waals surface area contributed by atoms with Crippen LogP contribution in [-0.2, 0) is 29.2 Å². The van der Waals surface area contributed by atoms with Crippen LogP contribution < -0.4 is 15.4 Å². The average Bonchev–Trinajstić information content (AvgIpc) is 2.90. The Bertz CT molecular complexity index is 1110. The fraction of sp³-hybridized carbons (Fsp3) is 0.483. The summed E-state index contributed by atoms with van der Waals surface area (Å²) in [4.78, 5) is 41.2. The number of hydrogen-bond donors (Lipinski definition) is 2. The summed E-state index contributed by atoms with van der Waals surface area (Å²) in [6.07, 6.45) is 3.55. The molecule has 2 saturated heterocycles. The number of carbonyl (C=O) groups is 3. The van der Waals surface area contributed by atoms with Crippen LogP contribution in [0.3, 0.4) is 0 Å². The lowest BCUT2D eigenvalue weighted by atomic mass is 10.0. The lowest BCUT2D eigenvalue weighted by molar-refractivity contribution is -0.134. The molecule has 8 heteroatoms. The zero-order chi connectivity index (χ0) is 26.4. The number of likely N-dealkylation sites (tertiary alicyclic amines) is 1. The van der Waals surface area contributed by atoms with E-state index < -0.39 is 11.9 Å². The fourth-order valence-electron chi connectivity index (χ4n) is 5.10. The number of ether oxygens (including phenoxy) is 1. The van der Waals surface area contributed by atoms with Gasteiger partial charge >= 0.3 is 0 Å². The molecule has 2 aromatic rings. The maximum atomic E-state index is 13.0. The molecular weight excluding hydrogens is 468 g/mol. The Kier molecular flexibility index (Phi) is 8.95. The largest absolute Gasteiger partial charge is 0.489 e.